The van der Waals surface area contributed by atoms with Crippen LogP contribution in [-0.2, 0) is 9.59 Å². The summed E-state index contributed by atoms with van der Waals surface area (Å²) in [7, 11) is 0. The number of amides is 2. The van der Waals surface area contributed by atoms with Crippen molar-refractivity contribution >= 4 is 17.5 Å². The fourth-order valence-corrected chi connectivity index (χ4v) is 2.21. The van der Waals surface area contributed by atoms with Gasteiger partial charge in [-0.05, 0) is 31.5 Å². The molecule has 1 unspecified atom stereocenters. The van der Waals surface area contributed by atoms with Crippen molar-refractivity contribution in [2.75, 3.05) is 18.0 Å². The number of hydrogen-bond donors (Lipinski definition) is 2. The smallest absolute Gasteiger partial charge is 0.249 e. The van der Waals surface area contributed by atoms with Crippen molar-refractivity contribution in [3.63, 3.8) is 0 Å². The fraction of sp³-hybridized carbons (Fsp3) is 0.429. The van der Waals surface area contributed by atoms with Crippen LogP contribution < -0.4 is 16.0 Å². The van der Waals surface area contributed by atoms with Crippen LogP contribution in [-0.4, -0.2) is 30.9 Å². The van der Waals surface area contributed by atoms with Crippen LogP contribution in [0, 0.1) is 0 Å². The highest BCUT2D eigenvalue weighted by Crippen LogP contribution is 2.21. The minimum absolute atomic E-state index is 0.0349. The van der Waals surface area contributed by atoms with Crippen molar-refractivity contribution in [3.05, 3.63) is 30.3 Å². The molecule has 0 bridgehead atoms. The van der Waals surface area contributed by atoms with E-state index in [4.69, 9.17) is 5.73 Å². The predicted molar refractivity (Wildman–Crippen MR) is 73.6 cm³/mol. The van der Waals surface area contributed by atoms with Crippen molar-refractivity contribution < 1.29 is 9.59 Å². The molecule has 0 aromatic heterocycles. The SMILES string of the molecule is NCCCC(=O)NC1CCN(c2ccccc2)C1=O. The third kappa shape index (κ3) is 3.32. The van der Waals surface area contributed by atoms with E-state index in [0.717, 1.165) is 5.69 Å². The number of benzene rings is 1. The van der Waals surface area contributed by atoms with E-state index in [1.165, 1.54) is 0 Å². The van der Waals surface area contributed by atoms with Crippen LogP contribution >= 0.6 is 0 Å². The molecule has 0 aliphatic carbocycles. The predicted octanol–water partition coefficient (Wildman–Crippen LogP) is 0.647. The van der Waals surface area contributed by atoms with Gasteiger partial charge in [0.2, 0.25) is 11.8 Å². The standard InChI is InChI=1S/C14H19N3O2/c15-9-4-7-13(18)16-12-8-10-17(14(12)19)11-5-2-1-3-6-11/h1-3,5-6,12H,4,7-10,15H2,(H,16,18). The Kier molecular flexibility index (Phi) is 4.52. The lowest BCUT2D eigenvalue weighted by atomic mass is 10.2. The zero-order valence-corrected chi connectivity index (χ0v) is 10.8. The van der Waals surface area contributed by atoms with Crippen LogP contribution in [0.3, 0.4) is 0 Å². The van der Waals surface area contributed by atoms with E-state index in [2.05, 4.69) is 5.32 Å². The Bertz CT molecular complexity index is 447. The van der Waals surface area contributed by atoms with Gasteiger partial charge in [-0.2, -0.15) is 0 Å². The average molecular weight is 261 g/mol. The molecule has 2 amide bonds. The lowest BCUT2D eigenvalue weighted by Gasteiger charge is -2.17. The number of carbonyl (C=O) groups is 2. The quantitative estimate of drug-likeness (QED) is 0.817. The second kappa shape index (κ2) is 6.33. The number of nitrogens with zero attached hydrogens (tertiary/aromatic N) is 1. The van der Waals surface area contributed by atoms with Crippen LogP contribution in [0.1, 0.15) is 19.3 Å². The highest BCUT2D eigenvalue weighted by atomic mass is 16.2. The molecule has 0 spiro atoms. The number of anilines is 1. The van der Waals surface area contributed by atoms with Crippen LogP contribution in [0.4, 0.5) is 5.69 Å². The first-order valence-corrected chi connectivity index (χ1v) is 6.58. The minimum Gasteiger partial charge on any atom is -0.344 e. The molecule has 3 N–H and O–H groups in total. The molecule has 19 heavy (non-hydrogen) atoms. The van der Waals surface area contributed by atoms with Crippen LogP contribution in [0.25, 0.3) is 0 Å². The van der Waals surface area contributed by atoms with Gasteiger partial charge in [-0.15, -0.1) is 0 Å². The van der Waals surface area contributed by atoms with Crippen molar-refractivity contribution in [2.24, 2.45) is 5.73 Å². The molecule has 1 atom stereocenters. The van der Waals surface area contributed by atoms with Gasteiger partial charge in [0, 0.05) is 18.7 Å². The van der Waals surface area contributed by atoms with Gasteiger partial charge in [0.25, 0.3) is 0 Å². The molecule has 1 aromatic carbocycles. The molecule has 2 rings (SSSR count). The Morgan fingerprint density at radius 3 is 2.79 bits per heavy atom. The number of nitrogens with two attached hydrogens (primary N) is 1. The van der Waals surface area contributed by atoms with Gasteiger partial charge in [0.15, 0.2) is 0 Å². The molecule has 5 heteroatoms. The first-order chi connectivity index (χ1) is 9.22. The summed E-state index contributed by atoms with van der Waals surface area (Å²) in [5.41, 5.74) is 6.24. The topological polar surface area (TPSA) is 75.4 Å². The summed E-state index contributed by atoms with van der Waals surface area (Å²) in [5, 5.41) is 2.78. The molecule has 1 fully saturated rings. The monoisotopic (exact) mass is 261 g/mol. The maximum Gasteiger partial charge on any atom is 0.249 e. The van der Waals surface area contributed by atoms with Crippen LogP contribution in [0.15, 0.2) is 30.3 Å². The first-order valence-electron chi connectivity index (χ1n) is 6.58. The molecule has 102 valence electrons. The van der Waals surface area contributed by atoms with Gasteiger partial charge < -0.3 is 16.0 Å². The molecule has 5 nitrogen and oxygen atoms in total. The van der Waals surface area contributed by atoms with Gasteiger partial charge in [-0.3, -0.25) is 9.59 Å². The Morgan fingerprint density at radius 2 is 2.11 bits per heavy atom. The van der Waals surface area contributed by atoms with E-state index >= 15 is 0 Å². The number of rotatable bonds is 5. The fourth-order valence-electron chi connectivity index (χ4n) is 2.21. The lowest BCUT2D eigenvalue weighted by Crippen LogP contribution is -2.41. The third-order valence-electron chi connectivity index (χ3n) is 3.22. The van der Waals surface area contributed by atoms with Crippen molar-refractivity contribution in [3.8, 4) is 0 Å². The average Bonchev–Trinajstić information content (AvgIpc) is 2.79. The Morgan fingerprint density at radius 1 is 1.37 bits per heavy atom. The molecule has 1 aliphatic heterocycles. The number of para-hydroxylation sites is 1. The minimum atomic E-state index is -0.398. The Balaban J connectivity index is 1.93. The van der Waals surface area contributed by atoms with E-state index < -0.39 is 6.04 Å². The number of nitrogens with one attached hydrogen (secondary N) is 1. The maximum absolute atomic E-state index is 12.2. The van der Waals surface area contributed by atoms with E-state index in [1.54, 1.807) is 4.90 Å². The molecule has 1 saturated heterocycles. The molecule has 0 radical (unpaired) electrons. The zero-order chi connectivity index (χ0) is 13.7. The normalized spacial score (nSPS) is 18.7. The van der Waals surface area contributed by atoms with E-state index in [9.17, 15) is 9.59 Å². The first kappa shape index (κ1) is 13.5. The summed E-state index contributed by atoms with van der Waals surface area (Å²) < 4.78 is 0. The van der Waals surface area contributed by atoms with Crippen molar-refractivity contribution in [1.82, 2.24) is 5.32 Å². The largest absolute Gasteiger partial charge is 0.344 e. The van der Waals surface area contributed by atoms with Gasteiger partial charge in [0.1, 0.15) is 6.04 Å². The molecular weight excluding hydrogens is 242 g/mol. The summed E-state index contributed by atoms with van der Waals surface area (Å²) in [6.07, 6.45) is 1.68. The summed E-state index contributed by atoms with van der Waals surface area (Å²) in [5.74, 6) is -0.133. The number of hydrogen-bond acceptors (Lipinski definition) is 3. The zero-order valence-electron chi connectivity index (χ0n) is 10.8. The molecule has 1 aliphatic rings. The number of carbonyl (C=O) groups excluding carboxylic acids is 2. The summed E-state index contributed by atoms with van der Waals surface area (Å²) >= 11 is 0. The van der Waals surface area contributed by atoms with Crippen molar-refractivity contribution in [2.45, 2.75) is 25.3 Å². The van der Waals surface area contributed by atoms with Gasteiger partial charge >= 0.3 is 0 Å². The lowest BCUT2D eigenvalue weighted by molar-refractivity contribution is -0.126. The molecule has 0 saturated carbocycles. The second-order valence-corrected chi connectivity index (χ2v) is 4.63. The summed E-state index contributed by atoms with van der Waals surface area (Å²) in [4.78, 5) is 25.5. The summed E-state index contributed by atoms with van der Waals surface area (Å²) in [6, 6.07) is 9.11. The molecular formula is C14H19N3O2. The maximum atomic E-state index is 12.2. The van der Waals surface area contributed by atoms with Gasteiger partial charge in [-0.1, -0.05) is 18.2 Å². The van der Waals surface area contributed by atoms with Crippen molar-refractivity contribution in [1.29, 1.82) is 0 Å². The molecule has 1 heterocycles. The second-order valence-electron chi connectivity index (χ2n) is 4.63. The van der Waals surface area contributed by atoms with Gasteiger partial charge in [-0.25, -0.2) is 0 Å². The van der Waals surface area contributed by atoms with E-state index in [-0.39, 0.29) is 11.8 Å². The van der Waals surface area contributed by atoms with E-state index in [1.807, 2.05) is 30.3 Å². The third-order valence-corrected chi connectivity index (χ3v) is 3.22. The van der Waals surface area contributed by atoms with Crippen LogP contribution in [0.5, 0.6) is 0 Å². The highest BCUT2D eigenvalue weighted by molar-refractivity contribution is 6.01. The highest BCUT2D eigenvalue weighted by Gasteiger charge is 2.33. The Hall–Kier alpha value is -1.88. The van der Waals surface area contributed by atoms with Crippen LogP contribution in [0.2, 0.25) is 0 Å². The molecule has 1 aromatic rings. The van der Waals surface area contributed by atoms with Gasteiger partial charge in [0.05, 0.1) is 0 Å². The summed E-state index contributed by atoms with van der Waals surface area (Å²) in [6.45, 7) is 1.13. The van der Waals surface area contributed by atoms with E-state index in [0.29, 0.717) is 32.4 Å². The Labute approximate surface area is 112 Å².